The summed E-state index contributed by atoms with van der Waals surface area (Å²) in [6.45, 7) is 0. The molecule has 0 heterocycles. The summed E-state index contributed by atoms with van der Waals surface area (Å²) < 4.78 is 5.33. The lowest BCUT2D eigenvalue weighted by Gasteiger charge is -2.41. The van der Waals surface area contributed by atoms with Crippen molar-refractivity contribution in [1.29, 1.82) is 0 Å². The Morgan fingerprint density at radius 2 is 2.09 bits per heavy atom. The number of hydrogen-bond donors (Lipinski definition) is 0. The van der Waals surface area contributed by atoms with E-state index in [1.54, 1.807) is 12.7 Å². The van der Waals surface area contributed by atoms with E-state index in [0.717, 1.165) is 23.1 Å². The van der Waals surface area contributed by atoms with Crippen molar-refractivity contribution in [2.75, 3.05) is 7.11 Å². The number of Topliss-reactive ketones (excluding diaryl/α,β-unsaturated/α-hetero) is 1. The molecule has 2 aromatic rings. The van der Waals surface area contributed by atoms with E-state index in [4.69, 9.17) is 4.74 Å². The van der Waals surface area contributed by atoms with E-state index in [2.05, 4.69) is 24.3 Å². The molecule has 23 heavy (non-hydrogen) atoms. The van der Waals surface area contributed by atoms with Crippen molar-refractivity contribution >= 4 is 16.6 Å². The van der Waals surface area contributed by atoms with Crippen molar-refractivity contribution in [2.24, 2.45) is 5.92 Å². The van der Waals surface area contributed by atoms with Crippen LogP contribution in [0.15, 0.2) is 42.0 Å². The quantitative estimate of drug-likeness (QED) is 0.707. The Kier molecular flexibility index (Phi) is 2.60. The van der Waals surface area contributed by atoms with E-state index in [0.29, 0.717) is 18.1 Å². The Bertz CT molecular complexity index is 877. The first-order valence-corrected chi connectivity index (χ1v) is 8.53. The zero-order valence-corrected chi connectivity index (χ0v) is 13.4. The van der Waals surface area contributed by atoms with Crippen LogP contribution in [0, 0.1) is 5.92 Å². The number of ether oxygens (including phenoxy) is 1. The van der Waals surface area contributed by atoms with E-state index in [9.17, 15) is 4.79 Å². The molecule has 5 rings (SSSR count). The minimum Gasteiger partial charge on any atom is -0.497 e. The van der Waals surface area contributed by atoms with E-state index < -0.39 is 0 Å². The minimum absolute atomic E-state index is 0.224. The summed E-state index contributed by atoms with van der Waals surface area (Å²) in [5.74, 6) is 1.87. The van der Waals surface area contributed by atoms with Crippen molar-refractivity contribution in [3.63, 3.8) is 0 Å². The topological polar surface area (TPSA) is 26.3 Å². The monoisotopic (exact) mass is 304 g/mol. The molecule has 2 heteroatoms. The molecular weight excluding hydrogens is 284 g/mol. The molecule has 0 saturated heterocycles. The van der Waals surface area contributed by atoms with Gasteiger partial charge in [-0.15, -0.1) is 0 Å². The number of carbonyl (C=O) groups excluding carboxylic acids is 1. The van der Waals surface area contributed by atoms with Gasteiger partial charge in [-0.1, -0.05) is 17.7 Å². The fourth-order valence-electron chi connectivity index (χ4n) is 5.17. The van der Waals surface area contributed by atoms with Crippen LogP contribution in [0.4, 0.5) is 0 Å². The molecule has 1 spiro atoms. The fourth-order valence-corrected chi connectivity index (χ4v) is 5.17. The number of fused-ring (bicyclic) bond motifs is 6. The molecule has 2 atom stereocenters. The molecule has 3 aliphatic rings. The van der Waals surface area contributed by atoms with Gasteiger partial charge in [0.25, 0.3) is 0 Å². The van der Waals surface area contributed by atoms with Gasteiger partial charge in [0, 0.05) is 17.4 Å². The van der Waals surface area contributed by atoms with Gasteiger partial charge in [0.05, 0.1) is 7.11 Å². The number of ketones is 1. The number of allylic oxidation sites excluding steroid dienone is 2. The second-order valence-corrected chi connectivity index (χ2v) is 7.37. The van der Waals surface area contributed by atoms with Gasteiger partial charge in [0.2, 0.25) is 0 Å². The maximum Gasteiger partial charge on any atom is 0.163 e. The highest BCUT2D eigenvalue weighted by atomic mass is 16.5. The van der Waals surface area contributed by atoms with Crippen molar-refractivity contribution in [2.45, 2.75) is 37.5 Å². The molecule has 2 aromatic carbocycles. The molecule has 1 saturated carbocycles. The summed E-state index contributed by atoms with van der Waals surface area (Å²) in [6, 6.07) is 10.6. The normalized spacial score (nSPS) is 28.3. The average Bonchev–Trinajstić information content (AvgIpc) is 3.18. The largest absolute Gasteiger partial charge is 0.497 e. The third kappa shape index (κ3) is 1.72. The molecule has 2 unspecified atom stereocenters. The Hall–Kier alpha value is -2.09. The fraction of sp³-hybridized carbons (Fsp3) is 0.381. The van der Waals surface area contributed by atoms with Crippen LogP contribution >= 0.6 is 0 Å². The van der Waals surface area contributed by atoms with E-state index in [-0.39, 0.29) is 5.41 Å². The minimum atomic E-state index is 0.224. The first kappa shape index (κ1) is 13.4. The zero-order valence-electron chi connectivity index (χ0n) is 13.4. The van der Waals surface area contributed by atoms with E-state index in [1.165, 1.54) is 30.2 Å². The second kappa shape index (κ2) is 4.47. The van der Waals surface area contributed by atoms with Crippen molar-refractivity contribution in [3.05, 3.63) is 53.1 Å². The molecule has 1 fully saturated rings. The average molecular weight is 304 g/mol. The smallest absolute Gasteiger partial charge is 0.163 e. The molecule has 116 valence electrons. The van der Waals surface area contributed by atoms with Crippen LogP contribution in [0.1, 0.15) is 48.0 Å². The Labute approximate surface area is 136 Å². The molecule has 2 bridgehead atoms. The van der Waals surface area contributed by atoms with Crippen LogP contribution in [0.5, 0.6) is 5.75 Å². The number of hydrogen-bond acceptors (Lipinski definition) is 2. The van der Waals surface area contributed by atoms with Gasteiger partial charge in [0.15, 0.2) is 5.78 Å². The summed E-state index contributed by atoms with van der Waals surface area (Å²) in [7, 11) is 1.68. The van der Waals surface area contributed by atoms with Crippen LogP contribution in [0.3, 0.4) is 0 Å². The number of rotatable bonds is 1. The maximum atomic E-state index is 12.6. The summed E-state index contributed by atoms with van der Waals surface area (Å²) in [5, 5.41) is 2.33. The van der Waals surface area contributed by atoms with Gasteiger partial charge in [-0.05, 0) is 72.2 Å². The summed E-state index contributed by atoms with van der Waals surface area (Å²) in [4.78, 5) is 12.6. The predicted octanol–water partition coefficient (Wildman–Crippen LogP) is 4.80. The molecule has 0 amide bonds. The van der Waals surface area contributed by atoms with Crippen LogP contribution < -0.4 is 4.74 Å². The molecule has 0 aromatic heterocycles. The highest BCUT2D eigenvalue weighted by molar-refractivity contribution is 6.03. The van der Waals surface area contributed by atoms with E-state index in [1.807, 2.05) is 12.1 Å². The molecule has 0 N–H and O–H groups in total. The summed E-state index contributed by atoms with van der Waals surface area (Å²) in [5.41, 5.74) is 4.12. The van der Waals surface area contributed by atoms with Crippen molar-refractivity contribution in [3.8, 4) is 5.75 Å². The van der Waals surface area contributed by atoms with E-state index >= 15 is 0 Å². The highest BCUT2D eigenvalue weighted by Crippen LogP contribution is 2.59. The van der Waals surface area contributed by atoms with Gasteiger partial charge in [0.1, 0.15) is 5.75 Å². The van der Waals surface area contributed by atoms with Gasteiger partial charge in [-0.3, -0.25) is 4.79 Å². The standard InChI is InChI=1S/C21H20O2/c1-23-17-5-3-14-11-19-18(10-15(14)9-17)20(22)6-7-21(19)12-13-2-4-16(21)8-13/h2-3,5,9-11,16H,4,6-8,12H2,1H3. The molecule has 2 nitrogen and oxygen atoms in total. The molecule has 0 aliphatic heterocycles. The lowest BCUT2D eigenvalue weighted by atomic mass is 9.62. The van der Waals surface area contributed by atoms with Crippen LogP contribution in [0.25, 0.3) is 10.8 Å². The van der Waals surface area contributed by atoms with Crippen LogP contribution in [-0.4, -0.2) is 12.9 Å². The lowest BCUT2D eigenvalue weighted by Crippen LogP contribution is -2.37. The third-order valence-corrected chi connectivity index (χ3v) is 6.34. The summed E-state index contributed by atoms with van der Waals surface area (Å²) >= 11 is 0. The van der Waals surface area contributed by atoms with Gasteiger partial charge < -0.3 is 4.74 Å². The second-order valence-electron chi connectivity index (χ2n) is 7.37. The first-order chi connectivity index (χ1) is 11.2. The Morgan fingerprint density at radius 3 is 2.83 bits per heavy atom. The predicted molar refractivity (Wildman–Crippen MR) is 91.2 cm³/mol. The number of benzene rings is 2. The van der Waals surface area contributed by atoms with Crippen molar-refractivity contribution < 1.29 is 9.53 Å². The summed E-state index contributed by atoms with van der Waals surface area (Å²) in [6.07, 6.45) is 7.77. The van der Waals surface area contributed by atoms with Crippen LogP contribution in [0.2, 0.25) is 0 Å². The molecule has 3 aliphatic carbocycles. The Morgan fingerprint density at radius 1 is 1.17 bits per heavy atom. The zero-order chi connectivity index (χ0) is 15.6. The molecular formula is C21H20O2. The molecule has 0 radical (unpaired) electrons. The SMILES string of the molecule is COc1ccc2cc3c(cc2c1)C(=O)CCC31CC2=CCC1C2. The number of carbonyl (C=O) groups is 1. The van der Waals surface area contributed by atoms with Crippen molar-refractivity contribution in [1.82, 2.24) is 0 Å². The van der Waals surface area contributed by atoms with Gasteiger partial charge in [-0.2, -0.15) is 0 Å². The maximum absolute atomic E-state index is 12.6. The first-order valence-electron chi connectivity index (χ1n) is 8.53. The third-order valence-electron chi connectivity index (χ3n) is 6.34. The van der Waals surface area contributed by atoms with Crippen LogP contribution in [-0.2, 0) is 5.41 Å². The number of methoxy groups -OCH3 is 1. The highest BCUT2D eigenvalue weighted by Gasteiger charge is 2.51. The van der Waals surface area contributed by atoms with Gasteiger partial charge >= 0.3 is 0 Å². The lowest BCUT2D eigenvalue weighted by molar-refractivity contribution is 0.0940. The van der Waals surface area contributed by atoms with Gasteiger partial charge in [-0.25, -0.2) is 0 Å². The Balaban J connectivity index is 1.76.